The molecule has 0 spiro atoms. The molecule has 156 valence electrons. The molecule has 0 fully saturated rings. The van der Waals surface area contributed by atoms with Gasteiger partial charge >= 0.3 is 11.9 Å². The van der Waals surface area contributed by atoms with Crippen LogP contribution in [0, 0.1) is 0 Å². The van der Waals surface area contributed by atoms with Crippen LogP contribution < -0.4 is 4.74 Å². The summed E-state index contributed by atoms with van der Waals surface area (Å²) in [5.74, 6) is 0.521. The molecule has 0 N–H and O–H groups in total. The summed E-state index contributed by atoms with van der Waals surface area (Å²) < 4.78 is 15.7. The van der Waals surface area contributed by atoms with E-state index in [-0.39, 0.29) is 5.57 Å². The minimum Gasteiger partial charge on any atom is -0.495 e. The number of esters is 1. The molecule has 7 nitrogen and oxygen atoms in total. The molecule has 3 aromatic rings. The Morgan fingerprint density at radius 3 is 2.45 bits per heavy atom. The van der Waals surface area contributed by atoms with Crippen molar-refractivity contribution in [1.82, 2.24) is 0 Å². The van der Waals surface area contributed by atoms with Crippen LogP contribution in [0.3, 0.4) is 0 Å². The van der Waals surface area contributed by atoms with E-state index in [9.17, 15) is 9.59 Å². The van der Waals surface area contributed by atoms with E-state index >= 15 is 0 Å². The van der Waals surface area contributed by atoms with Gasteiger partial charge in [-0.1, -0.05) is 28.9 Å². The van der Waals surface area contributed by atoms with Crippen molar-refractivity contribution in [2.45, 2.75) is 0 Å². The van der Waals surface area contributed by atoms with Gasteiger partial charge in [-0.3, -0.25) is 0 Å². The van der Waals surface area contributed by atoms with E-state index in [4.69, 9.17) is 30.3 Å². The molecule has 0 unspecified atom stereocenters. The summed E-state index contributed by atoms with van der Waals surface area (Å²) in [6.07, 6.45) is 1.55. The van der Waals surface area contributed by atoms with Gasteiger partial charge in [0.25, 0.3) is 0 Å². The molecule has 1 aliphatic heterocycles. The summed E-state index contributed by atoms with van der Waals surface area (Å²) in [7, 11) is 2.85. The number of furan rings is 1. The second-order valence-electron chi connectivity index (χ2n) is 6.50. The largest absolute Gasteiger partial charge is 0.495 e. The molecule has 0 atom stereocenters. The fraction of sp³-hybridized carbons (Fsp3) is 0.0870. The Morgan fingerprint density at radius 1 is 1.03 bits per heavy atom. The van der Waals surface area contributed by atoms with Gasteiger partial charge in [-0.2, -0.15) is 0 Å². The Kier molecular flexibility index (Phi) is 5.60. The van der Waals surface area contributed by atoms with Gasteiger partial charge in [-0.15, -0.1) is 0 Å². The molecule has 0 bridgehead atoms. The Morgan fingerprint density at radius 2 is 1.77 bits per heavy atom. The van der Waals surface area contributed by atoms with E-state index < -0.39 is 11.9 Å². The quantitative estimate of drug-likeness (QED) is 0.325. The second kappa shape index (κ2) is 8.49. The van der Waals surface area contributed by atoms with E-state index in [1.807, 2.05) is 6.07 Å². The molecule has 1 aliphatic rings. The number of carbonyl (C=O) groups excluding carboxylic acids is 2. The van der Waals surface area contributed by atoms with Crippen LogP contribution in [0.15, 0.2) is 69.7 Å². The number of nitrogens with zero attached hydrogens (tertiary/aromatic N) is 1. The molecule has 8 heteroatoms. The minimum atomic E-state index is -0.600. The maximum absolute atomic E-state index is 12.2. The summed E-state index contributed by atoms with van der Waals surface area (Å²) in [6, 6.07) is 15.3. The third-order valence-electron chi connectivity index (χ3n) is 4.62. The molecule has 0 saturated carbocycles. The molecule has 31 heavy (non-hydrogen) atoms. The molecule has 2 heterocycles. The number of oxime groups is 1. The number of rotatable bonds is 5. The maximum Gasteiger partial charge on any atom is 0.368 e. The van der Waals surface area contributed by atoms with Crippen LogP contribution >= 0.6 is 11.6 Å². The number of methoxy groups -OCH3 is 2. The van der Waals surface area contributed by atoms with Gasteiger partial charge in [0.1, 0.15) is 23.0 Å². The van der Waals surface area contributed by atoms with Gasteiger partial charge in [0.05, 0.1) is 30.4 Å². The van der Waals surface area contributed by atoms with Crippen molar-refractivity contribution >= 4 is 35.3 Å². The van der Waals surface area contributed by atoms with Crippen molar-refractivity contribution in [1.29, 1.82) is 0 Å². The molecule has 0 saturated heterocycles. The predicted octanol–water partition coefficient (Wildman–Crippen LogP) is 4.74. The smallest absolute Gasteiger partial charge is 0.368 e. The highest BCUT2D eigenvalue weighted by Crippen LogP contribution is 2.32. The van der Waals surface area contributed by atoms with Crippen molar-refractivity contribution in [2.24, 2.45) is 5.16 Å². The Bertz CT molecular complexity index is 1220. The summed E-state index contributed by atoms with van der Waals surface area (Å²) in [5.41, 5.74) is 2.33. The van der Waals surface area contributed by atoms with E-state index in [2.05, 4.69) is 5.16 Å². The minimum absolute atomic E-state index is 0.236. The zero-order chi connectivity index (χ0) is 22.0. The third kappa shape index (κ3) is 4.08. The summed E-state index contributed by atoms with van der Waals surface area (Å²) in [4.78, 5) is 28.7. The van der Waals surface area contributed by atoms with Gasteiger partial charge in [0, 0.05) is 11.1 Å². The van der Waals surface area contributed by atoms with Gasteiger partial charge < -0.3 is 18.7 Å². The van der Waals surface area contributed by atoms with Gasteiger partial charge in [-0.05, 0) is 48.5 Å². The maximum atomic E-state index is 12.2. The standard InChI is InChI=1S/C23H16ClNO6/c1-28-20-9-7-15(11-18(20)24)19-10-8-16(30-19)12-17-21(25-31-23(17)27)13-3-5-14(6-4-13)22(26)29-2/h3-12H,1-2H3/b17-12-. The van der Waals surface area contributed by atoms with Gasteiger partial charge in [0.15, 0.2) is 0 Å². The Labute approximate surface area is 182 Å². The van der Waals surface area contributed by atoms with E-state index in [1.54, 1.807) is 61.7 Å². The first kappa shape index (κ1) is 20.4. The Balaban J connectivity index is 1.62. The summed E-state index contributed by atoms with van der Waals surface area (Å²) >= 11 is 6.19. The highest BCUT2D eigenvalue weighted by molar-refractivity contribution is 6.32. The monoisotopic (exact) mass is 437 g/mol. The molecule has 1 aromatic heterocycles. The number of ether oxygens (including phenoxy) is 2. The van der Waals surface area contributed by atoms with Crippen molar-refractivity contribution in [3.05, 3.63) is 82.1 Å². The topological polar surface area (TPSA) is 87.3 Å². The number of benzene rings is 2. The Hall–Kier alpha value is -3.84. The average Bonchev–Trinajstić information content (AvgIpc) is 3.40. The highest BCUT2D eigenvalue weighted by Gasteiger charge is 2.27. The lowest BCUT2D eigenvalue weighted by molar-refractivity contribution is -0.136. The fourth-order valence-electron chi connectivity index (χ4n) is 3.05. The summed E-state index contributed by atoms with van der Waals surface area (Å²) in [5, 5.41) is 4.32. The van der Waals surface area contributed by atoms with Crippen LogP contribution in [0.4, 0.5) is 0 Å². The van der Waals surface area contributed by atoms with Crippen LogP contribution in [0.2, 0.25) is 5.02 Å². The number of carbonyl (C=O) groups is 2. The van der Waals surface area contributed by atoms with E-state index in [1.165, 1.54) is 7.11 Å². The van der Waals surface area contributed by atoms with Gasteiger partial charge in [-0.25, -0.2) is 9.59 Å². The van der Waals surface area contributed by atoms with Crippen LogP contribution in [0.1, 0.15) is 21.7 Å². The average molecular weight is 438 g/mol. The van der Waals surface area contributed by atoms with Crippen LogP contribution in [-0.4, -0.2) is 31.9 Å². The zero-order valence-corrected chi connectivity index (χ0v) is 17.3. The lowest BCUT2D eigenvalue weighted by Gasteiger charge is -2.04. The van der Waals surface area contributed by atoms with Crippen LogP contribution in [0.25, 0.3) is 17.4 Å². The normalized spacial score (nSPS) is 14.4. The van der Waals surface area contributed by atoms with E-state index in [0.717, 1.165) is 5.56 Å². The number of hydrogen-bond acceptors (Lipinski definition) is 7. The molecule has 4 rings (SSSR count). The summed E-state index contributed by atoms with van der Waals surface area (Å²) in [6.45, 7) is 0. The first-order valence-corrected chi connectivity index (χ1v) is 9.52. The molecule has 2 aromatic carbocycles. The first-order chi connectivity index (χ1) is 15.0. The molecular weight excluding hydrogens is 422 g/mol. The van der Waals surface area contributed by atoms with Crippen LogP contribution in [0.5, 0.6) is 5.75 Å². The lowest BCUT2D eigenvalue weighted by atomic mass is 10.0. The molecule has 0 aliphatic carbocycles. The first-order valence-electron chi connectivity index (χ1n) is 9.14. The van der Waals surface area contributed by atoms with E-state index in [0.29, 0.717) is 39.1 Å². The van der Waals surface area contributed by atoms with Gasteiger partial charge in [0.2, 0.25) is 0 Å². The lowest BCUT2D eigenvalue weighted by Crippen LogP contribution is -2.07. The number of hydrogen-bond donors (Lipinski definition) is 0. The van der Waals surface area contributed by atoms with Crippen molar-refractivity contribution < 1.29 is 28.3 Å². The van der Waals surface area contributed by atoms with Crippen LogP contribution in [-0.2, 0) is 14.4 Å². The second-order valence-corrected chi connectivity index (χ2v) is 6.90. The molecular formula is C23H16ClNO6. The highest BCUT2D eigenvalue weighted by atomic mass is 35.5. The van der Waals surface area contributed by atoms with Crippen molar-refractivity contribution in [3.8, 4) is 17.1 Å². The molecule has 0 radical (unpaired) electrons. The van der Waals surface area contributed by atoms with Crippen molar-refractivity contribution in [2.75, 3.05) is 14.2 Å². The molecule has 0 amide bonds. The third-order valence-corrected chi connectivity index (χ3v) is 4.92. The fourth-order valence-corrected chi connectivity index (χ4v) is 3.30. The zero-order valence-electron chi connectivity index (χ0n) is 16.5. The predicted molar refractivity (Wildman–Crippen MR) is 114 cm³/mol. The van der Waals surface area contributed by atoms with Crippen molar-refractivity contribution in [3.63, 3.8) is 0 Å². The SMILES string of the molecule is COC(=O)c1ccc(C2=NOC(=O)/C2=C\c2ccc(-c3ccc(OC)c(Cl)c3)o2)cc1. The number of halogens is 1.